The summed E-state index contributed by atoms with van der Waals surface area (Å²) < 4.78 is 10.6. The van der Waals surface area contributed by atoms with Crippen LogP contribution in [-0.4, -0.2) is 33.9 Å². The number of hydrogen-bond donors (Lipinski definition) is 2. The largest absolute Gasteiger partial charge is 0.506 e. The van der Waals surface area contributed by atoms with E-state index >= 15 is 0 Å². The number of aliphatic hydroxyl groups is 1. The van der Waals surface area contributed by atoms with Gasteiger partial charge in [-0.25, -0.2) is 9.79 Å². The van der Waals surface area contributed by atoms with Crippen LogP contribution in [0.5, 0.6) is 11.5 Å². The standard InChI is InChI=1S/C23H23NO5S/c1-4-28-23(27)20-21(26)19(30-22(20)24-16-8-6-5-7-9-16)13-15-10-11-18(17(25)12-15)29-14(2)3/h5-14,25-26H,4H2,1-3H3/b19-13-,24-22?. The number of aliphatic imine (C=N–C) groups is 1. The number of thioether (sulfide) groups is 1. The number of benzene rings is 2. The van der Waals surface area contributed by atoms with Gasteiger partial charge >= 0.3 is 5.97 Å². The van der Waals surface area contributed by atoms with Gasteiger partial charge in [0.05, 0.1) is 23.3 Å². The van der Waals surface area contributed by atoms with Crippen LogP contribution in [0.25, 0.3) is 6.08 Å². The minimum absolute atomic E-state index is 0.00620. The highest BCUT2D eigenvalue weighted by Crippen LogP contribution is 2.41. The molecule has 2 aromatic rings. The van der Waals surface area contributed by atoms with Crippen LogP contribution >= 0.6 is 11.8 Å². The average molecular weight is 426 g/mol. The molecule has 2 aromatic carbocycles. The summed E-state index contributed by atoms with van der Waals surface area (Å²) in [6.07, 6.45) is 1.60. The molecule has 30 heavy (non-hydrogen) atoms. The lowest BCUT2D eigenvalue weighted by Crippen LogP contribution is -2.12. The fraction of sp³-hybridized carbons (Fsp3) is 0.217. The van der Waals surface area contributed by atoms with Crippen LogP contribution in [0.15, 0.2) is 69.8 Å². The van der Waals surface area contributed by atoms with Crippen molar-refractivity contribution in [3.63, 3.8) is 0 Å². The monoisotopic (exact) mass is 425 g/mol. The molecule has 0 atom stereocenters. The van der Waals surface area contributed by atoms with Crippen molar-refractivity contribution < 1.29 is 24.5 Å². The number of phenolic OH excluding ortho intramolecular Hbond substituents is 1. The minimum Gasteiger partial charge on any atom is -0.506 e. The minimum atomic E-state index is -0.635. The summed E-state index contributed by atoms with van der Waals surface area (Å²) in [4.78, 5) is 17.4. The summed E-state index contributed by atoms with van der Waals surface area (Å²) in [5.41, 5.74) is 1.33. The zero-order valence-electron chi connectivity index (χ0n) is 17.0. The van der Waals surface area contributed by atoms with Gasteiger partial charge in [-0.15, -0.1) is 0 Å². The number of phenols is 1. The number of para-hydroxylation sites is 1. The van der Waals surface area contributed by atoms with E-state index in [4.69, 9.17) is 9.47 Å². The lowest BCUT2D eigenvalue weighted by Gasteiger charge is -2.11. The fourth-order valence-corrected chi connectivity index (χ4v) is 3.78. The predicted octanol–water partition coefficient (Wildman–Crippen LogP) is 5.37. The van der Waals surface area contributed by atoms with E-state index < -0.39 is 5.97 Å². The van der Waals surface area contributed by atoms with Crippen molar-refractivity contribution in [2.24, 2.45) is 4.99 Å². The smallest absolute Gasteiger partial charge is 0.344 e. The van der Waals surface area contributed by atoms with Crippen molar-refractivity contribution in [1.82, 2.24) is 0 Å². The van der Waals surface area contributed by atoms with Crippen LogP contribution in [-0.2, 0) is 9.53 Å². The van der Waals surface area contributed by atoms with Gasteiger partial charge in [0.15, 0.2) is 11.5 Å². The van der Waals surface area contributed by atoms with E-state index in [1.165, 1.54) is 6.07 Å². The number of ether oxygens (including phenoxy) is 2. The maximum atomic E-state index is 12.4. The van der Waals surface area contributed by atoms with Crippen molar-refractivity contribution in [2.75, 3.05) is 6.61 Å². The molecule has 0 aliphatic carbocycles. The fourth-order valence-electron chi connectivity index (χ4n) is 2.74. The highest BCUT2D eigenvalue weighted by atomic mass is 32.2. The summed E-state index contributed by atoms with van der Waals surface area (Å²) >= 11 is 1.16. The van der Waals surface area contributed by atoms with Crippen molar-refractivity contribution in [1.29, 1.82) is 0 Å². The number of nitrogens with zero attached hydrogens (tertiary/aromatic N) is 1. The van der Waals surface area contributed by atoms with Crippen molar-refractivity contribution >= 4 is 34.5 Å². The molecular weight excluding hydrogens is 402 g/mol. The van der Waals surface area contributed by atoms with Gasteiger partial charge in [-0.1, -0.05) is 36.0 Å². The van der Waals surface area contributed by atoms with Gasteiger partial charge in [0.1, 0.15) is 16.4 Å². The number of carbonyl (C=O) groups is 1. The molecule has 2 N–H and O–H groups in total. The molecule has 1 aliphatic rings. The zero-order chi connectivity index (χ0) is 21.7. The van der Waals surface area contributed by atoms with Crippen LogP contribution in [0.2, 0.25) is 0 Å². The molecule has 0 spiro atoms. The normalized spacial score (nSPS) is 16.5. The van der Waals surface area contributed by atoms with Gasteiger partial charge in [-0.05, 0) is 56.7 Å². The number of hydrogen-bond acceptors (Lipinski definition) is 7. The van der Waals surface area contributed by atoms with Crippen LogP contribution in [0.1, 0.15) is 26.3 Å². The van der Waals surface area contributed by atoms with Crippen LogP contribution in [0.3, 0.4) is 0 Å². The number of carbonyl (C=O) groups excluding carboxylic acids is 1. The number of aliphatic hydroxyl groups excluding tert-OH is 1. The summed E-state index contributed by atoms with van der Waals surface area (Å²) in [6, 6.07) is 14.1. The maximum Gasteiger partial charge on any atom is 0.344 e. The van der Waals surface area contributed by atoms with E-state index in [0.717, 1.165) is 11.8 Å². The Morgan fingerprint density at radius 2 is 1.90 bits per heavy atom. The molecule has 3 rings (SSSR count). The number of esters is 1. The molecule has 6 nitrogen and oxygen atoms in total. The van der Waals surface area contributed by atoms with Crippen LogP contribution in [0, 0.1) is 0 Å². The van der Waals surface area contributed by atoms with E-state index in [1.54, 1.807) is 37.3 Å². The second-order valence-corrected chi connectivity index (χ2v) is 7.73. The quantitative estimate of drug-likeness (QED) is 0.605. The van der Waals surface area contributed by atoms with E-state index in [-0.39, 0.29) is 29.8 Å². The molecule has 0 saturated carbocycles. The molecule has 0 amide bonds. The number of rotatable bonds is 6. The molecule has 1 aliphatic heterocycles. The van der Waals surface area contributed by atoms with Gasteiger partial charge in [-0.3, -0.25) is 0 Å². The Bertz CT molecular complexity index is 1030. The van der Waals surface area contributed by atoms with Gasteiger partial charge in [0, 0.05) is 0 Å². The molecule has 0 aromatic heterocycles. The molecular formula is C23H23NO5S. The Kier molecular flexibility index (Phi) is 6.84. The van der Waals surface area contributed by atoms with Crippen LogP contribution < -0.4 is 4.74 Å². The second-order valence-electron chi connectivity index (χ2n) is 6.70. The molecule has 0 unspecified atom stereocenters. The molecule has 0 radical (unpaired) electrons. The predicted molar refractivity (Wildman–Crippen MR) is 119 cm³/mol. The molecule has 7 heteroatoms. The summed E-state index contributed by atoms with van der Waals surface area (Å²) in [6.45, 7) is 5.63. The third-order valence-electron chi connectivity index (χ3n) is 4.00. The summed E-state index contributed by atoms with van der Waals surface area (Å²) in [7, 11) is 0. The summed E-state index contributed by atoms with van der Waals surface area (Å²) in [5, 5.41) is 21.3. The third-order valence-corrected chi connectivity index (χ3v) is 5.02. The first-order chi connectivity index (χ1) is 14.4. The zero-order valence-corrected chi connectivity index (χ0v) is 17.8. The Balaban J connectivity index is 1.98. The van der Waals surface area contributed by atoms with E-state index in [0.29, 0.717) is 26.9 Å². The second kappa shape index (κ2) is 9.54. The van der Waals surface area contributed by atoms with Gasteiger partial charge in [-0.2, -0.15) is 0 Å². The van der Waals surface area contributed by atoms with Crippen molar-refractivity contribution in [2.45, 2.75) is 26.9 Å². The Morgan fingerprint density at radius 1 is 1.17 bits per heavy atom. The first-order valence-electron chi connectivity index (χ1n) is 9.53. The SMILES string of the molecule is CCOC(=O)C1=C(O)/C(=C/c2ccc(OC(C)C)c(O)c2)SC1=Nc1ccccc1. The number of aromatic hydroxyl groups is 1. The first-order valence-corrected chi connectivity index (χ1v) is 10.3. The van der Waals surface area contributed by atoms with Crippen molar-refractivity contribution in [3.8, 4) is 11.5 Å². The lowest BCUT2D eigenvalue weighted by molar-refractivity contribution is -0.138. The Hall–Kier alpha value is -3.19. The first kappa shape index (κ1) is 21.5. The van der Waals surface area contributed by atoms with Gasteiger partial charge < -0.3 is 19.7 Å². The topological polar surface area (TPSA) is 88.4 Å². The molecule has 0 bridgehead atoms. The van der Waals surface area contributed by atoms with E-state index in [9.17, 15) is 15.0 Å². The lowest BCUT2D eigenvalue weighted by atomic mass is 10.1. The van der Waals surface area contributed by atoms with E-state index in [2.05, 4.69) is 4.99 Å². The molecule has 1 heterocycles. The van der Waals surface area contributed by atoms with Crippen molar-refractivity contribution in [3.05, 3.63) is 70.3 Å². The highest BCUT2D eigenvalue weighted by Gasteiger charge is 2.33. The molecule has 156 valence electrons. The van der Waals surface area contributed by atoms with Gasteiger partial charge in [0.2, 0.25) is 0 Å². The Morgan fingerprint density at radius 3 is 2.53 bits per heavy atom. The summed E-state index contributed by atoms with van der Waals surface area (Å²) in [5.74, 6) is -0.461. The van der Waals surface area contributed by atoms with E-state index in [1.807, 2.05) is 32.0 Å². The average Bonchev–Trinajstić information content (AvgIpc) is 2.99. The third kappa shape index (κ3) is 5.04. The van der Waals surface area contributed by atoms with Gasteiger partial charge in [0.25, 0.3) is 0 Å². The highest BCUT2D eigenvalue weighted by molar-refractivity contribution is 8.18. The maximum absolute atomic E-state index is 12.4. The van der Waals surface area contributed by atoms with Crippen LogP contribution in [0.4, 0.5) is 5.69 Å². The molecule has 0 fully saturated rings. The Labute approximate surface area is 179 Å². The molecule has 0 saturated heterocycles.